The van der Waals surface area contributed by atoms with Crippen molar-refractivity contribution in [2.75, 3.05) is 25.2 Å². The Morgan fingerprint density at radius 3 is 2.90 bits per heavy atom. The highest BCUT2D eigenvalue weighted by Gasteiger charge is 2.22. The standard InChI is InChI=1S/C17H25NOS/c1-19-15-5-6-16-14(11-15)3-2-4-17(16)18-12-13-7-9-20-10-8-13/h5-6,11,13,17-18H,2-4,7-10,12H2,1H3. The maximum absolute atomic E-state index is 5.35. The number of hydrogen-bond acceptors (Lipinski definition) is 3. The van der Waals surface area contributed by atoms with Crippen LogP contribution in [-0.4, -0.2) is 25.2 Å². The first kappa shape index (κ1) is 14.3. The number of methoxy groups -OCH3 is 1. The molecule has 1 heterocycles. The smallest absolute Gasteiger partial charge is 0.119 e. The largest absolute Gasteiger partial charge is 0.497 e. The summed E-state index contributed by atoms with van der Waals surface area (Å²) in [6.07, 6.45) is 6.55. The van der Waals surface area contributed by atoms with Crippen LogP contribution in [0.2, 0.25) is 0 Å². The molecule has 3 rings (SSSR count). The minimum absolute atomic E-state index is 0.555. The van der Waals surface area contributed by atoms with Crippen LogP contribution in [0.5, 0.6) is 5.75 Å². The Morgan fingerprint density at radius 2 is 2.10 bits per heavy atom. The summed E-state index contributed by atoms with van der Waals surface area (Å²) in [6.45, 7) is 1.19. The van der Waals surface area contributed by atoms with E-state index in [0.717, 1.165) is 11.7 Å². The third kappa shape index (κ3) is 3.32. The van der Waals surface area contributed by atoms with E-state index in [2.05, 4.69) is 35.3 Å². The van der Waals surface area contributed by atoms with E-state index in [-0.39, 0.29) is 0 Å². The van der Waals surface area contributed by atoms with E-state index in [1.54, 1.807) is 7.11 Å². The van der Waals surface area contributed by atoms with Crippen LogP contribution in [0.4, 0.5) is 0 Å². The molecule has 1 unspecified atom stereocenters. The fourth-order valence-corrected chi connectivity index (χ4v) is 4.59. The first-order valence-electron chi connectivity index (χ1n) is 7.85. The van der Waals surface area contributed by atoms with Gasteiger partial charge >= 0.3 is 0 Å². The molecule has 0 amide bonds. The molecule has 1 N–H and O–H groups in total. The van der Waals surface area contributed by atoms with Crippen LogP contribution in [0.15, 0.2) is 18.2 Å². The van der Waals surface area contributed by atoms with E-state index in [0.29, 0.717) is 6.04 Å². The maximum atomic E-state index is 5.35. The maximum Gasteiger partial charge on any atom is 0.119 e. The van der Waals surface area contributed by atoms with Crippen molar-refractivity contribution < 1.29 is 4.74 Å². The van der Waals surface area contributed by atoms with Gasteiger partial charge < -0.3 is 10.1 Å². The molecular formula is C17H25NOS. The Kier molecular flexibility index (Phi) is 4.90. The summed E-state index contributed by atoms with van der Waals surface area (Å²) in [7, 11) is 1.75. The summed E-state index contributed by atoms with van der Waals surface area (Å²) >= 11 is 2.11. The molecule has 1 aliphatic carbocycles. The summed E-state index contributed by atoms with van der Waals surface area (Å²) in [4.78, 5) is 0. The molecule has 0 bridgehead atoms. The fourth-order valence-electron chi connectivity index (χ4n) is 3.39. The zero-order valence-corrected chi connectivity index (χ0v) is 13.2. The SMILES string of the molecule is COc1ccc2c(c1)CCCC2NCC1CCSCC1. The van der Waals surface area contributed by atoms with Crippen molar-refractivity contribution in [2.45, 2.75) is 38.1 Å². The van der Waals surface area contributed by atoms with Crippen LogP contribution in [0.3, 0.4) is 0 Å². The molecule has 1 atom stereocenters. The molecule has 0 radical (unpaired) electrons. The van der Waals surface area contributed by atoms with Crippen LogP contribution >= 0.6 is 11.8 Å². The van der Waals surface area contributed by atoms with E-state index in [1.807, 2.05) is 0 Å². The average Bonchev–Trinajstić information content (AvgIpc) is 2.53. The van der Waals surface area contributed by atoms with Crippen LogP contribution < -0.4 is 10.1 Å². The van der Waals surface area contributed by atoms with Crippen molar-refractivity contribution in [3.05, 3.63) is 29.3 Å². The quantitative estimate of drug-likeness (QED) is 0.911. The van der Waals surface area contributed by atoms with Crippen molar-refractivity contribution in [3.8, 4) is 5.75 Å². The van der Waals surface area contributed by atoms with E-state index in [1.165, 1.54) is 61.3 Å². The van der Waals surface area contributed by atoms with Crippen molar-refractivity contribution in [1.82, 2.24) is 5.32 Å². The molecule has 2 nitrogen and oxygen atoms in total. The lowest BCUT2D eigenvalue weighted by Crippen LogP contribution is -2.31. The van der Waals surface area contributed by atoms with E-state index in [4.69, 9.17) is 4.74 Å². The number of benzene rings is 1. The predicted molar refractivity (Wildman–Crippen MR) is 86.7 cm³/mol. The average molecular weight is 291 g/mol. The van der Waals surface area contributed by atoms with Gasteiger partial charge in [-0.2, -0.15) is 11.8 Å². The Balaban J connectivity index is 1.63. The van der Waals surface area contributed by atoms with Crippen molar-refractivity contribution in [1.29, 1.82) is 0 Å². The van der Waals surface area contributed by atoms with Gasteiger partial charge in [-0.15, -0.1) is 0 Å². The van der Waals surface area contributed by atoms with Crippen molar-refractivity contribution >= 4 is 11.8 Å². The van der Waals surface area contributed by atoms with Crippen molar-refractivity contribution in [2.24, 2.45) is 5.92 Å². The molecule has 2 aliphatic rings. The lowest BCUT2D eigenvalue weighted by molar-refractivity contribution is 0.382. The Bertz CT molecular complexity index is 443. The second-order valence-corrected chi connectivity index (χ2v) is 7.20. The van der Waals surface area contributed by atoms with Crippen LogP contribution in [0, 0.1) is 5.92 Å². The van der Waals surface area contributed by atoms with Gasteiger partial charge in [-0.05, 0) is 79.3 Å². The normalized spacial score (nSPS) is 23.4. The van der Waals surface area contributed by atoms with Gasteiger partial charge in [0.05, 0.1) is 7.11 Å². The lowest BCUT2D eigenvalue weighted by Gasteiger charge is -2.29. The third-order valence-electron chi connectivity index (χ3n) is 4.66. The van der Waals surface area contributed by atoms with Crippen LogP contribution in [0.1, 0.15) is 42.9 Å². The highest BCUT2D eigenvalue weighted by Crippen LogP contribution is 2.32. The number of rotatable bonds is 4. The topological polar surface area (TPSA) is 21.3 Å². The summed E-state index contributed by atoms with van der Waals surface area (Å²) in [5.41, 5.74) is 2.98. The van der Waals surface area contributed by atoms with E-state index >= 15 is 0 Å². The molecule has 20 heavy (non-hydrogen) atoms. The van der Waals surface area contributed by atoms with E-state index < -0.39 is 0 Å². The Hall–Kier alpha value is -0.670. The fraction of sp³-hybridized carbons (Fsp3) is 0.647. The van der Waals surface area contributed by atoms with Gasteiger partial charge in [0.15, 0.2) is 0 Å². The molecule has 1 saturated heterocycles. The molecule has 0 aromatic heterocycles. The van der Waals surface area contributed by atoms with Crippen LogP contribution in [-0.2, 0) is 6.42 Å². The minimum Gasteiger partial charge on any atom is -0.497 e. The Labute approximate surface area is 126 Å². The lowest BCUT2D eigenvalue weighted by atomic mass is 9.87. The molecule has 1 fully saturated rings. The number of ether oxygens (including phenoxy) is 1. The monoisotopic (exact) mass is 291 g/mol. The highest BCUT2D eigenvalue weighted by atomic mass is 32.2. The van der Waals surface area contributed by atoms with Crippen LogP contribution in [0.25, 0.3) is 0 Å². The summed E-state index contributed by atoms with van der Waals surface area (Å²) in [5, 5.41) is 3.83. The second kappa shape index (κ2) is 6.86. The molecule has 0 saturated carbocycles. The van der Waals surface area contributed by atoms with Gasteiger partial charge in [-0.1, -0.05) is 6.07 Å². The molecule has 0 spiro atoms. The molecular weight excluding hydrogens is 266 g/mol. The van der Waals surface area contributed by atoms with Gasteiger partial charge in [0, 0.05) is 6.04 Å². The molecule has 1 aromatic rings. The molecule has 3 heteroatoms. The second-order valence-electron chi connectivity index (χ2n) is 5.97. The molecule has 110 valence electrons. The van der Waals surface area contributed by atoms with Gasteiger partial charge in [-0.25, -0.2) is 0 Å². The van der Waals surface area contributed by atoms with E-state index in [9.17, 15) is 0 Å². The number of fused-ring (bicyclic) bond motifs is 1. The summed E-state index contributed by atoms with van der Waals surface area (Å²) in [6, 6.07) is 7.15. The molecule has 1 aliphatic heterocycles. The molecule has 1 aromatic carbocycles. The van der Waals surface area contributed by atoms with Gasteiger partial charge in [-0.3, -0.25) is 0 Å². The predicted octanol–water partition coefficient (Wildman–Crippen LogP) is 3.81. The first-order valence-corrected chi connectivity index (χ1v) is 9.00. The number of thioether (sulfide) groups is 1. The van der Waals surface area contributed by atoms with Gasteiger partial charge in [0.1, 0.15) is 5.75 Å². The zero-order valence-electron chi connectivity index (χ0n) is 12.4. The Morgan fingerprint density at radius 1 is 1.25 bits per heavy atom. The summed E-state index contributed by atoms with van der Waals surface area (Å²) in [5.74, 6) is 4.59. The third-order valence-corrected chi connectivity index (χ3v) is 5.71. The zero-order chi connectivity index (χ0) is 13.8. The minimum atomic E-state index is 0.555. The van der Waals surface area contributed by atoms with Gasteiger partial charge in [0.2, 0.25) is 0 Å². The number of aryl methyl sites for hydroxylation is 1. The summed E-state index contributed by atoms with van der Waals surface area (Å²) < 4.78 is 5.35. The number of nitrogens with one attached hydrogen (secondary N) is 1. The van der Waals surface area contributed by atoms with Gasteiger partial charge in [0.25, 0.3) is 0 Å². The highest BCUT2D eigenvalue weighted by molar-refractivity contribution is 7.99. The number of hydrogen-bond donors (Lipinski definition) is 1. The first-order chi connectivity index (χ1) is 9.86. The van der Waals surface area contributed by atoms with Crippen molar-refractivity contribution in [3.63, 3.8) is 0 Å².